The molecule has 1 heterocycles. The number of hydrogen-bond acceptors (Lipinski definition) is 3. The van der Waals surface area contributed by atoms with E-state index in [4.69, 9.17) is 4.74 Å². The summed E-state index contributed by atoms with van der Waals surface area (Å²) >= 11 is 0. The molecule has 3 rings (SSSR count). The molecule has 122 valence electrons. The molecule has 0 aliphatic rings. The number of nitrogens with one attached hydrogen (secondary N) is 2. The SMILES string of the molecule is COc1ccc(C)c(NC(=O)c2cc(-c3ccc(C)cc3)n[nH]2)c1. The predicted octanol–water partition coefficient (Wildman–Crippen LogP) is 3.95. The van der Waals surface area contributed by atoms with Gasteiger partial charge in [0.2, 0.25) is 0 Å². The van der Waals surface area contributed by atoms with Gasteiger partial charge in [-0.05, 0) is 31.5 Å². The van der Waals surface area contributed by atoms with Crippen LogP contribution in [0.2, 0.25) is 0 Å². The van der Waals surface area contributed by atoms with Crippen LogP contribution in [0, 0.1) is 13.8 Å². The Bertz CT molecular complexity index is 867. The van der Waals surface area contributed by atoms with E-state index in [9.17, 15) is 4.79 Å². The molecule has 0 unspecified atom stereocenters. The molecule has 5 nitrogen and oxygen atoms in total. The number of nitrogens with zero attached hydrogens (tertiary/aromatic N) is 1. The summed E-state index contributed by atoms with van der Waals surface area (Å²) in [7, 11) is 1.60. The van der Waals surface area contributed by atoms with Crippen molar-refractivity contribution in [3.05, 3.63) is 65.4 Å². The maximum Gasteiger partial charge on any atom is 0.273 e. The van der Waals surface area contributed by atoms with Crippen molar-refractivity contribution in [1.29, 1.82) is 0 Å². The monoisotopic (exact) mass is 321 g/mol. The fourth-order valence-corrected chi connectivity index (χ4v) is 2.36. The molecule has 0 bridgehead atoms. The van der Waals surface area contributed by atoms with E-state index in [-0.39, 0.29) is 5.91 Å². The first-order valence-electron chi connectivity index (χ1n) is 7.65. The van der Waals surface area contributed by atoms with Crippen LogP contribution in [0.1, 0.15) is 21.6 Å². The van der Waals surface area contributed by atoms with Crippen molar-refractivity contribution in [3.63, 3.8) is 0 Å². The smallest absolute Gasteiger partial charge is 0.273 e. The second-order valence-electron chi connectivity index (χ2n) is 5.67. The first-order chi connectivity index (χ1) is 11.6. The van der Waals surface area contributed by atoms with Gasteiger partial charge in [0, 0.05) is 17.3 Å². The lowest BCUT2D eigenvalue weighted by Crippen LogP contribution is -2.13. The van der Waals surface area contributed by atoms with Gasteiger partial charge in [0.1, 0.15) is 11.4 Å². The number of aryl methyl sites for hydroxylation is 2. The van der Waals surface area contributed by atoms with Crippen molar-refractivity contribution in [2.24, 2.45) is 0 Å². The molecule has 1 aromatic heterocycles. The lowest BCUT2D eigenvalue weighted by molar-refractivity contribution is 0.102. The van der Waals surface area contributed by atoms with Gasteiger partial charge in [-0.2, -0.15) is 5.10 Å². The Morgan fingerprint density at radius 3 is 2.54 bits per heavy atom. The molecule has 2 N–H and O–H groups in total. The zero-order chi connectivity index (χ0) is 17.1. The van der Waals surface area contributed by atoms with E-state index >= 15 is 0 Å². The van der Waals surface area contributed by atoms with Crippen LogP contribution < -0.4 is 10.1 Å². The highest BCUT2D eigenvalue weighted by atomic mass is 16.5. The summed E-state index contributed by atoms with van der Waals surface area (Å²) in [4.78, 5) is 12.4. The van der Waals surface area contributed by atoms with Crippen molar-refractivity contribution in [2.45, 2.75) is 13.8 Å². The minimum atomic E-state index is -0.239. The van der Waals surface area contributed by atoms with E-state index in [2.05, 4.69) is 15.5 Å². The molecule has 0 fully saturated rings. The van der Waals surface area contributed by atoms with E-state index < -0.39 is 0 Å². The highest BCUT2D eigenvalue weighted by molar-refractivity contribution is 6.04. The van der Waals surface area contributed by atoms with E-state index in [1.54, 1.807) is 19.2 Å². The van der Waals surface area contributed by atoms with Crippen LogP contribution in [0.4, 0.5) is 5.69 Å². The summed E-state index contributed by atoms with van der Waals surface area (Å²) in [5.41, 5.74) is 4.97. The van der Waals surface area contributed by atoms with Gasteiger partial charge in [-0.3, -0.25) is 9.89 Å². The van der Waals surface area contributed by atoms with E-state index in [1.807, 2.05) is 50.2 Å². The number of rotatable bonds is 4. The molecule has 0 radical (unpaired) electrons. The first kappa shape index (κ1) is 15.8. The summed E-state index contributed by atoms with van der Waals surface area (Å²) in [6.45, 7) is 3.96. The van der Waals surface area contributed by atoms with Gasteiger partial charge in [-0.15, -0.1) is 0 Å². The number of amides is 1. The zero-order valence-corrected chi connectivity index (χ0v) is 13.9. The predicted molar refractivity (Wildman–Crippen MR) is 94.4 cm³/mol. The number of aromatic nitrogens is 2. The minimum Gasteiger partial charge on any atom is -0.497 e. The molecule has 1 amide bonds. The molecule has 0 aliphatic heterocycles. The van der Waals surface area contributed by atoms with Gasteiger partial charge in [-0.25, -0.2) is 0 Å². The fourth-order valence-electron chi connectivity index (χ4n) is 2.36. The van der Waals surface area contributed by atoms with Gasteiger partial charge >= 0.3 is 0 Å². The van der Waals surface area contributed by atoms with Crippen LogP contribution in [-0.4, -0.2) is 23.2 Å². The molecule has 3 aromatic rings. The van der Waals surface area contributed by atoms with Crippen molar-refractivity contribution >= 4 is 11.6 Å². The molecule has 5 heteroatoms. The van der Waals surface area contributed by atoms with Crippen LogP contribution in [0.25, 0.3) is 11.3 Å². The Kier molecular flexibility index (Phi) is 4.33. The fraction of sp³-hybridized carbons (Fsp3) is 0.158. The average Bonchev–Trinajstić information content (AvgIpc) is 3.07. The highest BCUT2D eigenvalue weighted by Gasteiger charge is 2.13. The van der Waals surface area contributed by atoms with Crippen LogP contribution in [-0.2, 0) is 0 Å². The van der Waals surface area contributed by atoms with Crippen LogP contribution in [0.15, 0.2) is 48.5 Å². The molecule has 0 saturated heterocycles. The number of H-pyrrole nitrogens is 1. The molecule has 0 aliphatic carbocycles. The summed E-state index contributed by atoms with van der Waals surface area (Å²) in [5.74, 6) is 0.457. The van der Waals surface area contributed by atoms with Crippen LogP contribution >= 0.6 is 0 Å². The summed E-state index contributed by atoms with van der Waals surface area (Å²) < 4.78 is 5.20. The molecular weight excluding hydrogens is 302 g/mol. The Hall–Kier alpha value is -3.08. The Labute approximate surface area is 140 Å². The number of methoxy groups -OCH3 is 1. The number of carbonyl (C=O) groups is 1. The van der Waals surface area contributed by atoms with E-state index in [0.717, 1.165) is 16.8 Å². The molecule has 2 aromatic carbocycles. The van der Waals surface area contributed by atoms with Crippen LogP contribution in [0.3, 0.4) is 0 Å². The number of benzene rings is 2. The summed E-state index contributed by atoms with van der Waals surface area (Å²) in [5, 5.41) is 9.90. The summed E-state index contributed by atoms with van der Waals surface area (Å²) in [6.07, 6.45) is 0. The van der Waals surface area contributed by atoms with Gasteiger partial charge in [0.05, 0.1) is 12.8 Å². The standard InChI is InChI=1S/C19H19N3O2/c1-12-4-7-14(8-5-12)17-11-18(22-21-17)19(23)20-16-10-15(24-3)9-6-13(16)2/h4-11H,1-3H3,(H,20,23)(H,21,22). The molecule has 0 atom stereocenters. The quantitative estimate of drug-likeness (QED) is 0.764. The minimum absolute atomic E-state index is 0.239. The topological polar surface area (TPSA) is 67.0 Å². The first-order valence-corrected chi connectivity index (χ1v) is 7.65. The largest absolute Gasteiger partial charge is 0.497 e. The van der Waals surface area contributed by atoms with Gasteiger partial charge in [0.15, 0.2) is 0 Å². The maximum absolute atomic E-state index is 12.4. The third kappa shape index (κ3) is 3.30. The summed E-state index contributed by atoms with van der Waals surface area (Å²) in [6, 6.07) is 15.3. The molecule has 0 saturated carbocycles. The number of ether oxygens (including phenoxy) is 1. The molecule has 0 spiro atoms. The molecular formula is C19H19N3O2. The van der Waals surface area contributed by atoms with E-state index in [0.29, 0.717) is 17.1 Å². The van der Waals surface area contributed by atoms with Crippen LogP contribution in [0.5, 0.6) is 5.75 Å². The van der Waals surface area contributed by atoms with Crippen molar-refractivity contribution in [3.8, 4) is 17.0 Å². The average molecular weight is 321 g/mol. The lowest BCUT2D eigenvalue weighted by Gasteiger charge is -2.09. The Balaban J connectivity index is 1.80. The second-order valence-corrected chi connectivity index (χ2v) is 5.67. The molecule has 24 heavy (non-hydrogen) atoms. The third-order valence-corrected chi connectivity index (χ3v) is 3.86. The van der Waals surface area contributed by atoms with Crippen molar-refractivity contribution < 1.29 is 9.53 Å². The number of carbonyl (C=O) groups excluding carboxylic acids is 1. The van der Waals surface area contributed by atoms with Crippen molar-refractivity contribution in [2.75, 3.05) is 12.4 Å². The van der Waals surface area contributed by atoms with Gasteiger partial charge < -0.3 is 10.1 Å². The van der Waals surface area contributed by atoms with Gasteiger partial charge in [-0.1, -0.05) is 35.9 Å². The second kappa shape index (κ2) is 6.58. The van der Waals surface area contributed by atoms with E-state index in [1.165, 1.54) is 5.56 Å². The maximum atomic E-state index is 12.4. The Morgan fingerprint density at radius 2 is 1.83 bits per heavy atom. The van der Waals surface area contributed by atoms with Gasteiger partial charge in [0.25, 0.3) is 5.91 Å². The lowest BCUT2D eigenvalue weighted by atomic mass is 10.1. The Morgan fingerprint density at radius 1 is 1.08 bits per heavy atom. The number of anilines is 1. The number of hydrogen-bond donors (Lipinski definition) is 2. The third-order valence-electron chi connectivity index (χ3n) is 3.86. The number of aromatic amines is 1. The zero-order valence-electron chi connectivity index (χ0n) is 13.9. The normalized spacial score (nSPS) is 10.5. The highest BCUT2D eigenvalue weighted by Crippen LogP contribution is 2.23. The van der Waals surface area contributed by atoms with Crippen molar-refractivity contribution in [1.82, 2.24) is 10.2 Å².